The number of fused-ring (bicyclic) bond motifs is 4. The van der Waals surface area contributed by atoms with E-state index in [4.69, 9.17) is 0 Å². The van der Waals surface area contributed by atoms with Crippen LogP contribution in [0.15, 0.2) is 66.7 Å². The van der Waals surface area contributed by atoms with Crippen LogP contribution in [0.25, 0.3) is 0 Å². The van der Waals surface area contributed by atoms with Crippen molar-refractivity contribution in [2.45, 2.75) is 56.5 Å². The van der Waals surface area contributed by atoms with E-state index in [1.807, 2.05) is 0 Å². The quantitative estimate of drug-likeness (QED) is 0.513. The first-order valence-electron chi connectivity index (χ1n) is 12.9. The highest BCUT2D eigenvalue weighted by atomic mass is 15.2. The maximum atomic E-state index is 2.80. The molecule has 2 aromatic carbocycles. The molecule has 1 heterocycles. The monoisotopic (exact) mass is 426 g/mol. The Morgan fingerprint density at radius 1 is 0.969 bits per heavy atom. The number of rotatable bonds is 5. The summed E-state index contributed by atoms with van der Waals surface area (Å²) < 4.78 is 0. The number of nitrogens with zero attached hydrogens (tertiary/aromatic N) is 2. The highest BCUT2D eigenvalue weighted by Crippen LogP contribution is 2.54. The van der Waals surface area contributed by atoms with E-state index >= 15 is 0 Å². The van der Waals surface area contributed by atoms with Crippen molar-refractivity contribution in [1.82, 2.24) is 9.80 Å². The summed E-state index contributed by atoms with van der Waals surface area (Å²) in [6.45, 7) is 6.25. The zero-order chi connectivity index (χ0) is 21.7. The lowest BCUT2D eigenvalue weighted by Gasteiger charge is -2.42. The maximum absolute atomic E-state index is 2.80. The van der Waals surface area contributed by atoms with Crippen LogP contribution < -0.4 is 0 Å². The van der Waals surface area contributed by atoms with Crippen molar-refractivity contribution in [2.24, 2.45) is 17.8 Å². The van der Waals surface area contributed by atoms with E-state index in [-0.39, 0.29) is 0 Å². The van der Waals surface area contributed by atoms with E-state index in [1.54, 1.807) is 11.1 Å². The molecule has 2 nitrogen and oxygen atoms in total. The highest BCUT2D eigenvalue weighted by molar-refractivity contribution is 5.43. The van der Waals surface area contributed by atoms with Gasteiger partial charge in [0.25, 0.3) is 0 Å². The summed E-state index contributed by atoms with van der Waals surface area (Å²) in [7, 11) is 2.34. The zero-order valence-corrected chi connectivity index (χ0v) is 19.8. The molecule has 1 saturated carbocycles. The van der Waals surface area contributed by atoms with Crippen LogP contribution in [-0.4, -0.2) is 36.5 Å². The molecule has 2 aromatic rings. The Labute approximate surface area is 194 Å². The fourth-order valence-corrected chi connectivity index (χ4v) is 7.53. The third-order valence-electron chi connectivity index (χ3n) is 9.58. The van der Waals surface area contributed by atoms with Crippen LogP contribution in [0.3, 0.4) is 0 Å². The Balaban J connectivity index is 1.18. The average Bonchev–Trinajstić information content (AvgIpc) is 3.54. The Hall–Kier alpha value is -1.90. The van der Waals surface area contributed by atoms with Gasteiger partial charge in [-0.1, -0.05) is 66.7 Å². The van der Waals surface area contributed by atoms with Gasteiger partial charge in [-0.2, -0.15) is 0 Å². The molecule has 168 valence electrons. The summed E-state index contributed by atoms with van der Waals surface area (Å²) in [5, 5.41) is 0. The van der Waals surface area contributed by atoms with Crippen molar-refractivity contribution in [1.29, 1.82) is 0 Å². The maximum Gasteiger partial charge on any atom is 0.0362 e. The predicted octanol–water partition coefficient (Wildman–Crippen LogP) is 6.37. The molecule has 6 rings (SSSR count). The lowest BCUT2D eigenvalue weighted by molar-refractivity contribution is 0.107. The standard InChI is InChI=1S/C30H38N2/c1-22(24-8-4-3-5-9-24)31(2)29-20-30(28-11-7-6-10-27(28)29)14-16-32(17-15-30)21-26-19-23-12-13-25(26)18-23/h3-13,22-23,25-26,29H,14-21H2,1-2H3/t22-,23+,25-,26+,29-/m0/s1. The summed E-state index contributed by atoms with van der Waals surface area (Å²) in [6.07, 6.45) is 11.8. The van der Waals surface area contributed by atoms with Gasteiger partial charge in [0.1, 0.15) is 0 Å². The summed E-state index contributed by atoms with van der Waals surface area (Å²) in [5.74, 6) is 2.69. The third kappa shape index (κ3) is 3.47. The normalized spacial score (nSPS) is 31.5. The fraction of sp³-hybridized carbons (Fsp3) is 0.533. The fourth-order valence-electron chi connectivity index (χ4n) is 7.53. The second kappa shape index (κ2) is 8.15. The molecule has 3 aliphatic carbocycles. The van der Waals surface area contributed by atoms with Gasteiger partial charge in [0.05, 0.1) is 0 Å². The molecule has 0 aromatic heterocycles. The van der Waals surface area contributed by atoms with Crippen molar-refractivity contribution in [3.8, 4) is 0 Å². The van der Waals surface area contributed by atoms with Crippen molar-refractivity contribution in [3.05, 3.63) is 83.4 Å². The molecule has 2 fully saturated rings. The Morgan fingerprint density at radius 3 is 2.44 bits per heavy atom. The molecular formula is C30H38N2. The number of benzene rings is 2. The van der Waals surface area contributed by atoms with Crippen molar-refractivity contribution in [2.75, 3.05) is 26.7 Å². The Morgan fingerprint density at radius 2 is 1.72 bits per heavy atom. The van der Waals surface area contributed by atoms with Crippen LogP contribution in [0.4, 0.5) is 0 Å². The van der Waals surface area contributed by atoms with Crippen molar-refractivity contribution >= 4 is 0 Å². The molecule has 1 aliphatic heterocycles. The smallest absolute Gasteiger partial charge is 0.0362 e. The van der Waals surface area contributed by atoms with Gasteiger partial charge in [-0.3, -0.25) is 4.90 Å². The summed E-state index contributed by atoms with van der Waals surface area (Å²) >= 11 is 0. The Bertz CT molecular complexity index is 971. The van der Waals surface area contributed by atoms with Gasteiger partial charge in [-0.25, -0.2) is 0 Å². The van der Waals surface area contributed by atoms with Crippen molar-refractivity contribution in [3.63, 3.8) is 0 Å². The molecule has 0 radical (unpaired) electrons. The number of likely N-dealkylation sites (tertiary alicyclic amines) is 1. The summed E-state index contributed by atoms with van der Waals surface area (Å²) in [4.78, 5) is 5.44. The molecule has 32 heavy (non-hydrogen) atoms. The molecule has 0 N–H and O–H groups in total. The van der Waals surface area contributed by atoms with E-state index in [1.165, 1.54) is 57.3 Å². The van der Waals surface area contributed by atoms with Gasteiger partial charge in [-0.15, -0.1) is 0 Å². The average molecular weight is 427 g/mol. The SMILES string of the molecule is C[C@@H](c1ccccc1)N(C)[C@H]1CC2(CCN(C[C@H]3C[C@@H]4C=C[C@H]3C4)CC2)c2ccccc21. The van der Waals surface area contributed by atoms with E-state index in [0.29, 0.717) is 17.5 Å². The molecule has 0 amide bonds. The minimum absolute atomic E-state index is 0.372. The first-order valence-corrected chi connectivity index (χ1v) is 12.9. The predicted molar refractivity (Wildman–Crippen MR) is 133 cm³/mol. The highest BCUT2D eigenvalue weighted by Gasteiger charge is 2.47. The van der Waals surface area contributed by atoms with Crippen LogP contribution in [0, 0.1) is 17.8 Å². The lowest BCUT2D eigenvalue weighted by atomic mass is 9.73. The largest absolute Gasteiger partial charge is 0.303 e. The van der Waals surface area contributed by atoms with Crippen LogP contribution in [-0.2, 0) is 5.41 Å². The summed E-state index contributed by atoms with van der Waals surface area (Å²) in [6, 6.07) is 21.4. The van der Waals surface area contributed by atoms with Gasteiger partial charge in [0, 0.05) is 18.6 Å². The lowest BCUT2D eigenvalue weighted by Crippen LogP contribution is -2.44. The zero-order valence-electron chi connectivity index (χ0n) is 19.8. The summed E-state index contributed by atoms with van der Waals surface area (Å²) in [5.41, 5.74) is 5.03. The molecule has 1 spiro atoms. The number of hydrogen-bond acceptors (Lipinski definition) is 2. The molecule has 1 saturated heterocycles. The number of hydrogen-bond donors (Lipinski definition) is 0. The van der Waals surface area contributed by atoms with Crippen LogP contribution in [0.1, 0.15) is 67.8 Å². The molecule has 2 bridgehead atoms. The van der Waals surface area contributed by atoms with Gasteiger partial charge < -0.3 is 4.90 Å². The van der Waals surface area contributed by atoms with E-state index in [2.05, 4.69) is 90.5 Å². The van der Waals surface area contributed by atoms with Crippen LogP contribution in [0.5, 0.6) is 0 Å². The first-order chi connectivity index (χ1) is 15.6. The van der Waals surface area contributed by atoms with Gasteiger partial charge in [0.15, 0.2) is 0 Å². The van der Waals surface area contributed by atoms with Gasteiger partial charge in [-0.05, 0) is 99.0 Å². The second-order valence-electron chi connectivity index (χ2n) is 11.2. The van der Waals surface area contributed by atoms with Crippen molar-refractivity contribution < 1.29 is 0 Å². The van der Waals surface area contributed by atoms with E-state index in [9.17, 15) is 0 Å². The minimum atomic E-state index is 0.372. The number of piperidine rings is 1. The van der Waals surface area contributed by atoms with Gasteiger partial charge >= 0.3 is 0 Å². The topological polar surface area (TPSA) is 6.48 Å². The van der Waals surface area contributed by atoms with Gasteiger partial charge in [0.2, 0.25) is 0 Å². The molecule has 2 heteroatoms. The molecular weight excluding hydrogens is 388 g/mol. The first kappa shape index (κ1) is 20.7. The third-order valence-corrected chi connectivity index (χ3v) is 9.58. The van der Waals surface area contributed by atoms with E-state index < -0.39 is 0 Å². The molecule has 4 aliphatic rings. The Kier molecular flexibility index (Phi) is 5.27. The minimum Gasteiger partial charge on any atom is -0.303 e. The molecule has 0 unspecified atom stereocenters. The molecule has 5 atom stereocenters. The second-order valence-corrected chi connectivity index (χ2v) is 11.2. The van der Waals surface area contributed by atoms with Crippen LogP contribution >= 0.6 is 0 Å². The number of allylic oxidation sites excluding steroid dienone is 2. The van der Waals surface area contributed by atoms with Crippen LogP contribution in [0.2, 0.25) is 0 Å². The van der Waals surface area contributed by atoms with E-state index in [0.717, 1.165) is 17.8 Å².